The molecule has 33 heavy (non-hydrogen) atoms. The fraction of sp³-hybridized carbons (Fsp3) is 0.364. The summed E-state index contributed by atoms with van der Waals surface area (Å²) >= 11 is 0. The van der Waals surface area contributed by atoms with E-state index in [0.717, 1.165) is 31.2 Å². The molecule has 0 spiro atoms. The summed E-state index contributed by atoms with van der Waals surface area (Å²) in [4.78, 5) is 25.6. The number of carbonyl (C=O) groups is 2. The third-order valence-electron chi connectivity index (χ3n) is 5.19. The smallest absolute Gasteiger partial charge is 0.253 e. The van der Waals surface area contributed by atoms with Crippen molar-refractivity contribution in [1.82, 2.24) is 5.32 Å². The van der Waals surface area contributed by atoms with Crippen molar-refractivity contribution in [1.29, 1.82) is 0 Å². The van der Waals surface area contributed by atoms with Crippen molar-refractivity contribution < 1.29 is 31.5 Å². The van der Waals surface area contributed by atoms with E-state index >= 15 is 0 Å². The van der Waals surface area contributed by atoms with E-state index in [1.807, 2.05) is 0 Å². The van der Waals surface area contributed by atoms with Gasteiger partial charge in [-0.25, -0.2) is 17.2 Å². The van der Waals surface area contributed by atoms with Crippen LogP contribution in [-0.2, 0) is 19.6 Å². The summed E-state index contributed by atoms with van der Waals surface area (Å²) in [6.07, 6.45) is 2.57. The number of hydrogen-bond acceptors (Lipinski definition) is 5. The van der Waals surface area contributed by atoms with E-state index in [1.54, 1.807) is 12.1 Å². The summed E-state index contributed by atoms with van der Waals surface area (Å²) in [5.41, 5.74) is 0.161. The SMILES string of the molecule is C[C@H](C(=O)Nc1ccccc1C(=O)NC[C@H]1CCCO1)N(c1ccc(F)c(F)c1)S(C)(=O)=O. The van der Waals surface area contributed by atoms with Gasteiger partial charge >= 0.3 is 0 Å². The Balaban J connectivity index is 1.79. The van der Waals surface area contributed by atoms with Gasteiger partial charge in [0.15, 0.2) is 11.6 Å². The summed E-state index contributed by atoms with van der Waals surface area (Å²) < 4.78 is 57.9. The van der Waals surface area contributed by atoms with Gasteiger partial charge in [0.05, 0.1) is 29.3 Å². The lowest BCUT2D eigenvalue weighted by molar-refractivity contribution is -0.116. The molecule has 0 aliphatic carbocycles. The molecule has 0 bridgehead atoms. The number of halogens is 2. The highest BCUT2D eigenvalue weighted by molar-refractivity contribution is 7.92. The van der Waals surface area contributed by atoms with E-state index < -0.39 is 39.5 Å². The number of benzene rings is 2. The van der Waals surface area contributed by atoms with Crippen LogP contribution in [0.5, 0.6) is 0 Å². The van der Waals surface area contributed by atoms with Crippen molar-refractivity contribution in [2.24, 2.45) is 0 Å². The molecule has 2 amide bonds. The number of sulfonamides is 1. The molecule has 2 aromatic rings. The number of anilines is 2. The zero-order valence-electron chi connectivity index (χ0n) is 18.2. The normalized spacial score (nSPS) is 16.8. The molecular weight excluding hydrogens is 456 g/mol. The van der Waals surface area contributed by atoms with Gasteiger partial charge in [-0.15, -0.1) is 0 Å². The average molecular weight is 482 g/mol. The number of ether oxygens (including phenoxy) is 1. The van der Waals surface area contributed by atoms with Crippen molar-refractivity contribution in [3.05, 3.63) is 59.7 Å². The predicted octanol–water partition coefficient (Wildman–Crippen LogP) is 2.67. The molecule has 1 aliphatic rings. The van der Waals surface area contributed by atoms with E-state index in [-0.39, 0.29) is 23.0 Å². The predicted molar refractivity (Wildman–Crippen MR) is 120 cm³/mol. The van der Waals surface area contributed by atoms with E-state index in [0.29, 0.717) is 23.5 Å². The van der Waals surface area contributed by atoms with Crippen LogP contribution in [-0.4, -0.2) is 51.8 Å². The van der Waals surface area contributed by atoms with Crippen LogP contribution in [0.25, 0.3) is 0 Å². The number of nitrogens with zero attached hydrogens (tertiary/aromatic N) is 1. The van der Waals surface area contributed by atoms with Gasteiger partial charge in [0.25, 0.3) is 5.91 Å². The first kappa shape index (κ1) is 24.6. The first-order valence-electron chi connectivity index (χ1n) is 10.3. The van der Waals surface area contributed by atoms with Gasteiger partial charge in [-0.05, 0) is 44.0 Å². The molecule has 0 radical (unpaired) electrons. The molecule has 2 atom stereocenters. The average Bonchev–Trinajstić information content (AvgIpc) is 3.27. The molecule has 1 saturated heterocycles. The van der Waals surface area contributed by atoms with Gasteiger partial charge in [0.2, 0.25) is 15.9 Å². The molecular formula is C22H25F2N3O5S. The lowest BCUT2D eigenvalue weighted by atomic mass is 10.1. The number of hydrogen-bond donors (Lipinski definition) is 2. The standard InChI is InChI=1S/C22H25F2N3O5S/c1-14(27(33(2,30)31)15-9-10-18(23)19(24)12-15)21(28)26-20-8-4-3-7-17(20)22(29)25-13-16-6-5-11-32-16/h3-4,7-10,12,14,16H,5-6,11,13H2,1-2H3,(H,25,29)(H,26,28)/t14-,16-/m1/s1. The van der Waals surface area contributed by atoms with Gasteiger partial charge in [-0.2, -0.15) is 0 Å². The second kappa shape index (κ2) is 10.3. The highest BCUT2D eigenvalue weighted by Crippen LogP contribution is 2.24. The summed E-state index contributed by atoms with van der Waals surface area (Å²) in [7, 11) is -4.04. The highest BCUT2D eigenvalue weighted by Gasteiger charge is 2.30. The maximum absolute atomic E-state index is 13.7. The Labute approximate surface area is 191 Å². The minimum atomic E-state index is -4.04. The molecule has 8 nitrogen and oxygen atoms in total. The van der Waals surface area contributed by atoms with Crippen LogP contribution in [0.1, 0.15) is 30.1 Å². The Morgan fingerprint density at radius 2 is 1.91 bits per heavy atom. The Bertz CT molecular complexity index is 1140. The van der Waals surface area contributed by atoms with E-state index in [9.17, 15) is 26.8 Å². The van der Waals surface area contributed by atoms with Gasteiger partial charge in [-0.3, -0.25) is 13.9 Å². The second-order valence-electron chi connectivity index (χ2n) is 7.71. The lowest BCUT2D eigenvalue weighted by Crippen LogP contribution is -2.45. The molecule has 0 unspecified atom stereocenters. The number of carbonyl (C=O) groups excluding carboxylic acids is 2. The van der Waals surface area contributed by atoms with Crippen molar-refractivity contribution in [2.45, 2.75) is 31.9 Å². The van der Waals surface area contributed by atoms with E-state index in [2.05, 4.69) is 10.6 Å². The maximum Gasteiger partial charge on any atom is 0.253 e. The molecule has 2 aromatic carbocycles. The molecule has 1 fully saturated rings. The van der Waals surface area contributed by atoms with Crippen LogP contribution in [0, 0.1) is 11.6 Å². The van der Waals surface area contributed by atoms with Crippen LogP contribution >= 0.6 is 0 Å². The number of para-hydroxylation sites is 1. The largest absolute Gasteiger partial charge is 0.376 e. The van der Waals surface area contributed by atoms with Gasteiger partial charge in [0, 0.05) is 19.2 Å². The Hall–Kier alpha value is -3.05. The third-order valence-corrected chi connectivity index (χ3v) is 6.43. The number of rotatable bonds is 8. The van der Waals surface area contributed by atoms with Crippen molar-refractivity contribution in [2.75, 3.05) is 29.0 Å². The van der Waals surface area contributed by atoms with Crippen molar-refractivity contribution >= 4 is 33.2 Å². The van der Waals surface area contributed by atoms with Crippen molar-refractivity contribution in [3.8, 4) is 0 Å². The Morgan fingerprint density at radius 3 is 2.55 bits per heavy atom. The molecule has 178 valence electrons. The molecule has 1 aliphatic heterocycles. The fourth-order valence-corrected chi connectivity index (χ4v) is 4.73. The van der Waals surface area contributed by atoms with Gasteiger partial charge in [0.1, 0.15) is 6.04 Å². The highest BCUT2D eigenvalue weighted by atomic mass is 32.2. The maximum atomic E-state index is 13.7. The van der Waals surface area contributed by atoms with Gasteiger partial charge < -0.3 is 15.4 Å². The molecule has 3 rings (SSSR count). The minimum absolute atomic E-state index is 0.0600. The summed E-state index contributed by atoms with van der Waals surface area (Å²) in [6.45, 7) is 2.28. The Morgan fingerprint density at radius 1 is 1.18 bits per heavy atom. The zero-order valence-corrected chi connectivity index (χ0v) is 19.0. The van der Waals surface area contributed by atoms with Crippen LogP contribution in [0.4, 0.5) is 20.2 Å². The summed E-state index contributed by atoms with van der Waals surface area (Å²) in [6, 6.07) is 7.49. The molecule has 0 saturated carbocycles. The quantitative estimate of drug-likeness (QED) is 0.603. The molecule has 2 N–H and O–H groups in total. The lowest BCUT2D eigenvalue weighted by Gasteiger charge is -2.28. The monoisotopic (exact) mass is 481 g/mol. The Kier molecular flexibility index (Phi) is 7.65. The van der Waals surface area contributed by atoms with Gasteiger partial charge in [-0.1, -0.05) is 12.1 Å². The molecule has 1 heterocycles. The molecule has 0 aromatic heterocycles. The first-order chi connectivity index (χ1) is 15.6. The van der Waals surface area contributed by atoms with Crippen molar-refractivity contribution in [3.63, 3.8) is 0 Å². The number of nitrogens with one attached hydrogen (secondary N) is 2. The fourth-order valence-electron chi connectivity index (χ4n) is 3.57. The third kappa shape index (κ3) is 6.05. The second-order valence-corrected chi connectivity index (χ2v) is 9.57. The summed E-state index contributed by atoms with van der Waals surface area (Å²) in [5.74, 6) is -3.58. The van der Waals surface area contributed by atoms with Crippen LogP contribution in [0.3, 0.4) is 0 Å². The van der Waals surface area contributed by atoms with E-state index in [4.69, 9.17) is 4.74 Å². The zero-order chi connectivity index (χ0) is 24.2. The minimum Gasteiger partial charge on any atom is -0.376 e. The topological polar surface area (TPSA) is 105 Å². The summed E-state index contributed by atoms with van der Waals surface area (Å²) in [5, 5.41) is 5.33. The van der Waals surface area contributed by atoms with Crippen LogP contribution < -0.4 is 14.9 Å². The van der Waals surface area contributed by atoms with E-state index in [1.165, 1.54) is 19.1 Å². The molecule has 11 heteroatoms. The van der Waals surface area contributed by atoms with Crippen LogP contribution in [0.2, 0.25) is 0 Å². The van der Waals surface area contributed by atoms with Crippen LogP contribution in [0.15, 0.2) is 42.5 Å². The number of amides is 2. The first-order valence-corrected chi connectivity index (χ1v) is 12.2.